The third-order valence-electron chi connectivity index (χ3n) is 2.37. The Kier molecular flexibility index (Phi) is 8.46. The predicted molar refractivity (Wildman–Crippen MR) is 65.5 cm³/mol. The first-order chi connectivity index (χ1) is 8.02. The molecule has 0 spiro atoms. The Morgan fingerprint density at radius 2 is 1.76 bits per heavy atom. The third kappa shape index (κ3) is 6.97. The maximum atomic E-state index is 11.6. The molecule has 100 valence electrons. The standard InChI is InChI=1S/C13H24O4/c1-5-7-8-9-11(14)17-12(10(3)4)13(15)16-6-2/h10,12H,5-9H2,1-4H3. The van der Waals surface area contributed by atoms with Crippen LogP contribution >= 0.6 is 0 Å². The van der Waals surface area contributed by atoms with Crippen molar-refractivity contribution in [1.82, 2.24) is 0 Å². The zero-order chi connectivity index (χ0) is 13.3. The largest absolute Gasteiger partial charge is 0.463 e. The van der Waals surface area contributed by atoms with E-state index in [0.29, 0.717) is 13.0 Å². The van der Waals surface area contributed by atoms with Crippen molar-refractivity contribution in [2.45, 2.75) is 59.5 Å². The number of unbranched alkanes of at least 4 members (excludes halogenated alkanes) is 2. The van der Waals surface area contributed by atoms with E-state index in [1.54, 1.807) is 6.92 Å². The third-order valence-corrected chi connectivity index (χ3v) is 2.37. The van der Waals surface area contributed by atoms with Crippen molar-refractivity contribution in [3.05, 3.63) is 0 Å². The fourth-order valence-electron chi connectivity index (χ4n) is 1.40. The minimum atomic E-state index is -0.774. The van der Waals surface area contributed by atoms with Crippen molar-refractivity contribution in [2.24, 2.45) is 5.92 Å². The van der Waals surface area contributed by atoms with E-state index in [4.69, 9.17) is 9.47 Å². The van der Waals surface area contributed by atoms with Gasteiger partial charge in [-0.15, -0.1) is 0 Å². The number of hydrogen-bond donors (Lipinski definition) is 0. The van der Waals surface area contributed by atoms with Gasteiger partial charge in [-0.25, -0.2) is 4.79 Å². The Balaban J connectivity index is 4.15. The van der Waals surface area contributed by atoms with Crippen molar-refractivity contribution in [3.8, 4) is 0 Å². The average molecular weight is 244 g/mol. The van der Waals surface area contributed by atoms with Crippen LogP contribution in [-0.4, -0.2) is 24.6 Å². The van der Waals surface area contributed by atoms with E-state index in [-0.39, 0.29) is 11.9 Å². The number of esters is 2. The molecule has 0 aliphatic heterocycles. The topological polar surface area (TPSA) is 52.6 Å². The van der Waals surface area contributed by atoms with Crippen LogP contribution in [0.2, 0.25) is 0 Å². The Morgan fingerprint density at radius 3 is 2.24 bits per heavy atom. The highest BCUT2D eigenvalue weighted by Crippen LogP contribution is 2.11. The summed E-state index contributed by atoms with van der Waals surface area (Å²) >= 11 is 0. The second-order valence-corrected chi connectivity index (χ2v) is 4.36. The zero-order valence-electron chi connectivity index (χ0n) is 11.3. The second-order valence-electron chi connectivity index (χ2n) is 4.36. The first-order valence-corrected chi connectivity index (χ1v) is 6.39. The van der Waals surface area contributed by atoms with Crippen LogP contribution in [0.5, 0.6) is 0 Å². The lowest BCUT2D eigenvalue weighted by atomic mass is 10.1. The average Bonchev–Trinajstić information content (AvgIpc) is 2.26. The number of carbonyl (C=O) groups excluding carboxylic acids is 2. The normalized spacial score (nSPS) is 12.3. The second kappa shape index (κ2) is 9.02. The van der Waals surface area contributed by atoms with Gasteiger partial charge in [0.2, 0.25) is 6.10 Å². The molecule has 0 saturated carbocycles. The number of ether oxygens (including phenoxy) is 2. The van der Waals surface area contributed by atoms with Gasteiger partial charge in [-0.1, -0.05) is 33.6 Å². The molecule has 0 aliphatic carbocycles. The summed E-state index contributed by atoms with van der Waals surface area (Å²) < 4.78 is 10.0. The molecule has 0 fully saturated rings. The summed E-state index contributed by atoms with van der Waals surface area (Å²) in [5.41, 5.74) is 0. The van der Waals surface area contributed by atoms with Crippen LogP contribution in [0.4, 0.5) is 0 Å². The number of rotatable bonds is 8. The van der Waals surface area contributed by atoms with Crippen LogP contribution in [-0.2, 0) is 19.1 Å². The SMILES string of the molecule is CCCCCC(=O)OC(C(=O)OCC)C(C)C. The molecule has 0 N–H and O–H groups in total. The quantitative estimate of drug-likeness (QED) is 0.486. The lowest BCUT2D eigenvalue weighted by molar-refractivity contribution is -0.170. The van der Waals surface area contributed by atoms with E-state index in [1.165, 1.54) is 0 Å². The minimum Gasteiger partial charge on any atom is -0.463 e. The Labute approximate surface area is 104 Å². The molecule has 0 rings (SSSR count). The van der Waals surface area contributed by atoms with E-state index in [0.717, 1.165) is 19.3 Å². The summed E-state index contributed by atoms with van der Waals surface area (Å²) in [7, 11) is 0. The molecule has 0 saturated heterocycles. The van der Waals surface area contributed by atoms with Crippen molar-refractivity contribution >= 4 is 11.9 Å². The van der Waals surface area contributed by atoms with Crippen molar-refractivity contribution in [3.63, 3.8) is 0 Å². The molecule has 0 bridgehead atoms. The van der Waals surface area contributed by atoms with E-state index >= 15 is 0 Å². The molecular weight excluding hydrogens is 220 g/mol. The molecule has 4 heteroatoms. The molecule has 0 amide bonds. The number of carbonyl (C=O) groups is 2. The molecule has 0 aromatic rings. The molecule has 0 aliphatic rings. The van der Waals surface area contributed by atoms with Gasteiger partial charge in [0.25, 0.3) is 0 Å². The maximum absolute atomic E-state index is 11.6. The summed E-state index contributed by atoms with van der Waals surface area (Å²) in [6.45, 7) is 7.77. The molecule has 0 heterocycles. The van der Waals surface area contributed by atoms with Crippen LogP contribution < -0.4 is 0 Å². The van der Waals surface area contributed by atoms with Gasteiger partial charge >= 0.3 is 11.9 Å². The predicted octanol–water partition coefficient (Wildman–Crippen LogP) is 2.70. The zero-order valence-corrected chi connectivity index (χ0v) is 11.3. The molecule has 0 radical (unpaired) electrons. The smallest absolute Gasteiger partial charge is 0.347 e. The fraction of sp³-hybridized carbons (Fsp3) is 0.846. The maximum Gasteiger partial charge on any atom is 0.347 e. The summed E-state index contributed by atoms with van der Waals surface area (Å²) in [5, 5.41) is 0. The molecule has 4 nitrogen and oxygen atoms in total. The fourth-order valence-corrected chi connectivity index (χ4v) is 1.40. The van der Waals surface area contributed by atoms with E-state index in [1.807, 2.05) is 13.8 Å². The minimum absolute atomic E-state index is 0.0656. The van der Waals surface area contributed by atoms with Gasteiger partial charge in [0, 0.05) is 12.3 Å². The van der Waals surface area contributed by atoms with E-state index in [2.05, 4.69) is 6.92 Å². The van der Waals surface area contributed by atoms with Crippen LogP contribution in [0.25, 0.3) is 0 Å². The lowest BCUT2D eigenvalue weighted by Crippen LogP contribution is -2.33. The first kappa shape index (κ1) is 15.9. The highest BCUT2D eigenvalue weighted by Gasteiger charge is 2.27. The first-order valence-electron chi connectivity index (χ1n) is 6.39. The molecule has 1 atom stereocenters. The van der Waals surface area contributed by atoms with Gasteiger partial charge in [0.05, 0.1) is 6.61 Å². The molecule has 0 aromatic heterocycles. The highest BCUT2D eigenvalue weighted by molar-refractivity contribution is 5.79. The van der Waals surface area contributed by atoms with Crippen molar-refractivity contribution in [1.29, 1.82) is 0 Å². The monoisotopic (exact) mass is 244 g/mol. The van der Waals surface area contributed by atoms with Crippen LogP contribution in [0, 0.1) is 5.92 Å². The van der Waals surface area contributed by atoms with Gasteiger partial charge in [-0.3, -0.25) is 4.79 Å². The summed E-state index contributed by atoms with van der Waals surface area (Å²) in [4.78, 5) is 23.1. The van der Waals surface area contributed by atoms with Gasteiger partial charge < -0.3 is 9.47 Å². The van der Waals surface area contributed by atoms with Gasteiger partial charge in [0.1, 0.15) is 0 Å². The van der Waals surface area contributed by atoms with Crippen LogP contribution in [0.1, 0.15) is 53.4 Å². The molecule has 0 aromatic carbocycles. The van der Waals surface area contributed by atoms with Gasteiger partial charge in [-0.2, -0.15) is 0 Å². The molecule has 1 unspecified atom stereocenters. The Hall–Kier alpha value is -1.06. The van der Waals surface area contributed by atoms with Crippen LogP contribution in [0.3, 0.4) is 0 Å². The van der Waals surface area contributed by atoms with E-state index in [9.17, 15) is 9.59 Å². The Bertz CT molecular complexity index is 236. The summed E-state index contributed by atoms with van der Waals surface area (Å²) in [6, 6.07) is 0. The van der Waals surface area contributed by atoms with Crippen LogP contribution in [0.15, 0.2) is 0 Å². The van der Waals surface area contributed by atoms with Crippen molar-refractivity contribution < 1.29 is 19.1 Å². The summed E-state index contributed by atoms with van der Waals surface area (Å²) in [6.07, 6.45) is 2.46. The molecular formula is C13H24O4. The van der Waals surface area contributed by atoms with Crippen molar-refractivity contribution in [2.75, 3.05) is 6.61 Å². The highest BCUT2D eigenvalue weighted by atomic mass is 16.6. The van der Waals surface area contributed by atoms with E-state index < -0.39 is 12.1 Å². The molecule has 17 heavy (non-hydrogen) atoms. The number of hydrogen-bond acceptors (Lipinski definition) is 4. The lowest BCUT2D eigenvalue weighted by Gasteiger charge is -2.19. The summed E-state index contributed by atoms with van der Waals surface area (Å²) in [5.74, 6) is -0.833. The van der Waals surface area contributed by atoms with Gasteiger partial charge in [0.15, 0.2) is 0 Å². The van der Waals surface area contributed by atoms with Gasteiger partial charge in [-0.05, 0) is 13.3 Å². The Morgan fingerprint density at radius 1 is 1.12 bits per heavy atom.